The molecule has 5 aliphatic carbocycles. The Kier molecular flexibility index (Phi) is 12.0. The highest BCUT2D eigenvalue weighted by Gasteiger charge is 2.69. The first-order valence-corrected chi connectivity index (χ1v) is 21.4. The van der Waals surface area contributed by atoms with Crippen molar-refractivity contribution in [2.45, 2.75) is 184 Å². The summed E-state index contributed by atoms with van der Waals surface area (Å²) in [4.78, 5) is 51.5. The summed E-state index contributed by atoms with van der Waals surface area (Å²) in [6.07, 6.45) is 17.0. The third-order valence-corrected chi connectivity index (χ3v) is 16.4. The topological polar surface area (TPSA) is 122 Å². The van der Waals surface area contributed by atoms with Gasteiger partial charge in [0.15, 0.2) is 0 Å². The first kappa shape index (κ1) is 41.8. The van der Waals surface area contributed by atoms with Gasteiger partial charge >= 0.3 is 11.9 Å². The minimum absolute atomic E-state index is 0.00762. The average Bonchev–Trinajstić information content (AvgIpc) is 3.06. The van der Waals surface area contributed by atoms with Crippen molar-refractivity contribution < 1.29 is 29.0 Å². The smallest absolute Gasteiger partial charge is 0.326 e. The Morgan fingerprint density at radius 3 is 2.23 bits per heavy atom. The molecule has 0 heterocycles. The molecule has 53 heavy (non-hydrogen) atoms. The number of fused-ring (bicyclic) bond motifs is 7. The van der Waals surface area contributed by atoms with E-state index >= 15 is 0 Å². The van der Waals surface area contributed by atoms with E-state index in [1.165, 1.54) is 5.57 Å². The molecule has 0 aromatic rings. The fraction of sp³-hybridized carbons (Fsp3) is 0.867. The van der Waals surface area contributed by atoms with Gasteiger partial charge in [0.1, 0.15) is 12.1 Å². The average molecular weight is 739 g/mol. The molecule has 9 atom stereocenters. The van der Waals surface area contributed by atoms with E-state index in [1.54, 1.807) is 13.8 Å². The summed E-state index contributed by atoms with van der Waals surface area (Å²) < 4.78 is 6.28. The molecule has 3 N–H and O–H groups in total. The van der Waals surface area contributed by atoms with E-state index in [1.807, 2.05) is 0 Å². The lowest BCUT2D eigenvalue weighted by Gasteiger charge is -2.71. The SMILES string of the molecule is CCCCCC(=O)O[C@H]1CC[C@@]2(C)C(CC[C@]3(C)C2CC=C2C4CC(C)(C)CC[C@]4(C(=O)NCCCC(=O)N[C@H](C(=O)O)C(C)C)CC[C@]23C)C1(C)C. The molecular weight excluding hydrogens is 665 g/mol. The molecule has 5 aliphatic rings. The maximum Gasteiger partial charge on any atom is 0.326 e. The number of carboxylic acids is 1. The van der Waals surface area contributed by atoms with Crippen molar-refractivity contribution in [2.24, 2.45) is 56.2 Å². The molecular formula is C45H74N2O6. The van der Waals surface area contributed by atoms with Crippen LogP contribution < -0.4 is 10.6 Å². The quantitative estimate of drug-likeness (QED) is 0.0984. The van der Waals surface area contributed by atoms with Crippen LogP contribution in [-0.4, -0.2) is 47.6 Å². The Morgan fingerprint density at radius 1 is 0.868 bits per heavy atom. The van der Waals surface area contributed by atoms with Crippen molar-refractivity contribution in [2.75, 3.05) is 6.54 Å². The Bertz CT molecular complexity index is 1430. The van der Waals surface area contributed by atoms with Gasteiger partial charge in [0, 0.05) is 24.8 Å². The lowest BCUT2D eigenvalue weighted by Crippen LogP contribution is -2.65. The van der Waals surface area contributed by atoms with Crippen molar-refractivity contribution in [3.05, 3.63) is 11.6 Å². The summed E-state index contributed by atoms with van der Waals surface area (Å²) in [7, 11) is 0. The number of rotatable bonds is 13. The van der Waals surface area contributed by atoms with Gasteiger partial charge in [-0.25, -0.2) is 4.79 Å². The third kappa shape index (κ3) is 7.48. The Morgan fingerprint density at radius 2 is 1.57 bits per heavy atom. The molecule has 0 aromatic carbocycles. The second kappa shape index (κ2) is 15.3. The van der Waals surface area contributed by atoms with Crippen LogP contribution in [0.5, 0.6) is 0 Å². The van der Waals surface area contributed by atoms with Crippen LogP contribution >= 0.6 is 0 Å². The third-order valence-electron chi connectivity index (χ3n) is 16.4. The van der Waals surface area contributed by atoms with E-state index in [0.717, 1.165) is 83.5 Å². The number of hydrogen-bond donors (Lipinski definition) is 3. The van der Waals surface area contributed by atoms with Gasteiger partial charge in [-0.1, -0.05) is 93.7 Å². The molecule has 8 nitrogen and oxygen atoms in total. The second-order valence-electron chi connectivity index (χ2n) is 20.7. The van der Waals surface area contributed by atoms with Crippen LogP contribution in [0, 0.1) is 56.2 Å². The second-order valence-corrected chi connectivity index (χ2v) is 20.7. The van der Waals surface area contributed by atoms with Crippen molar-refractivity contribution in [3.63, 3.8) is 0 Å². The lowest BCUT2D eigenvalue weighted by atomic mass is 9.33. The molecule has 0 aliphatic heterocycles. The molecule has 0 radical (unpaired) electrons. The summed E-state index contributed by atoms with van der Waals surface area (Å²) >= 11 is 0. The summed E-state index contributed by atoms with van der Waals surface area (Å²) in [6, 6.07) is -0.909. The molecule has 5 rings (SSSR count). The summed E-state index contributed by atoms with van der Waals surface area (Å²) in [5.74, 6) is -0.197. The Hall–Kier alpha value is -2.38. The summed E-state index contributed by atoms with van der Waals surface area (Å²) in [5, 5.41) is 15.4. The van der Waals surface area contributed by atoms with Crippen molar-refractivity contribution in [1.82, 2.24) is 10.6 Å². The molecule has 0 bridgehead atoms. The van der Waals surface area contributed by atoms with E-state index in [-0.39, 0.29) is 69.2 Å². The van der Waals surface area contributed by atoms with Gasteiger partial charge in [-0.15, -0.1) is 0 Å². The van der Waals surface area contributed by atoms with Crippen LogP contribution in [0.1, 0.15) is 172 Å². The van der Waals surface area contributed by atoms with E-state index in [0.29, 0.717) is 31.2 Å². The van der Waals surface area contributed by atoms with Crippen LogP contribution in [-0.2, 0) is 23.9 Å². The Labute approximate surface area is 321 Å². The first-order valence-electron chi connectivity index (χ1n) is 21.4. The molecule has 4 fully saturated rings. The van der Waals surface area contributed by atoms with Gasteiger partial charge in [0.2, 0.25) is 11.8 Å². The molecule has 0 aromatic heterocycles. The number of carboxylic acid groups (broad SMARTS) is 1. The number of unbranched alkanes of at least 4 members (excludes halogenated alkanes) is 2. The van der Waals surface area contributed by atoms with Gasteiger partial charge in [0.05, 0.1) is 5.41 Å². The van der Waals surface area contributed by atoms with Crippen molar-refractivity contribution in [1.29, 1.82) is 0 Å². The maximum atomic E-state index is 14.4. The van der Waals surface area contributed by atoms with Crippen LogP contribution in [0.3, 0.4) is 0 Å². The van der Waals surface area contributed by atoms with Gasteiger partial charge in [0.25, 0.3) is 0 Å². The number of esters is 1. The normalized spacial score (nSPS) is 37.5. The lowest BCUT2D eigenvalue weighted by molar-refractivity contribution is -0.213. The molecule has 300 valence electrons. The number of nitrogens with one attached hydrogen (secondary N) is 2. The first-order chi connectivity index (χ1) is 24.7. The minimum Gasteiger partial charge on any atom is -0.480 e. The number of aliphatic carboxylic acids is 1. The molecule has 0 spiro atoms. The minimum atomic E-state index is -1.03. The van der Waals surface area contributed by atoms with Crippen molar-refractivity contribution >= 4 is 23.8 Å². The predicted molar refractivity (Wildman–Crippen MR) is 210 cm³/mol. The van der Waals surface area contributed by atoms with Crippen LogP contribution in [0.2, 0.25) is 0 Å². The van der Waals surface area contributed by atoms with Gasteiger partial charge in [-0.2, -0.15) is 0 Å². The van der Waals surface area contributed by atoms with Gasteiger partial charge in [-0.05, 0) is 122 Å². The van der Waals surface area contributed by atoms with Gasteiger partial charge < -0.3 is 20.5 Å². The maximum absolute atomic E-state index is 14.4. The number of carbonyl (C=O) groups is 4. The van der Waals surface area contributed by atoms with E-state index in [9.17, 15) is 24.3 Å². The van der Waals surface area contributed by atoms with Crippen LogP contribution in [0.4, 0.5) is 0 Å². The predicted octanol–water partition coefficient (Wildman–Crippen LogP) is 9.40. The number of carbonyl (C=O) groups excluding carboxylic acids is 3. The van der Waals surface area contributed by atoms with Crippen LogP contribution in [0.15, 0.2) is 11.6 Å². The number of allylic oxidation sites excluding steroid dienone is 2. The number of ether oxygens (including phenoxy) is 1. The standard InChI is InChI=1S/C45H74N2O6/c1-11-12-13-16-36(49)53-34-20-21-42(8)32(41(34,6)7)19-22-44(10)33(42)18-17-30-31-28-40(4,5)23-25-45(31,26-24-43(30,44)9)39(52)46-27-14-15-35(48)47-37(29(2)3)38(50)51/h17,29,31-34,37H,11-16,18-28H2,1-10H3,(H,46,52)(H,47,48)(H,50,51)/t31?,32?,33?,34-,37-,42-,43+,44+,45-/m0/s1. The van der Waals surface area contributed by atoms with Crippen LogP contribution in [0.25, 0.3) is 0 Å². The molecule has 0 saturated heterocycles. The zero-order chi connectivity index (χ0) is 39.2. The van der Waals surface area contributed by atoms with E-state index in [4.69, 9.17) is 4.74 Å². The fourth-order valence-corrected chi connectivity index (χ4v) is 13.0. The number of hydrogen-bond acceptors (Lipinski definition) is 5. The van der Waals surface area contributed by atoms with E-state index in [2.05, 4.69) is 72.1 Å². The molecule has 4 saturated carbocycles. The largest absolute Gasteiger partial charge is 0.480 e. The Balaban J connectivity index is 1.33. The summed E-state index contributed by atoms with van der Waals surface area (Å²) in [5.41, 5.74) is 1.43. The molecule has 3 unspecified atom stereocenters. The molecule has 8 heteroatoms. The van der Waals surface area contributed by atoms with Gasteiger partial charge in [-0.3, -0.25) is 14.4 Å². The highest BCUT2D eigenvalue weighted by Crippen LogP contribution is 2.76. The number of amides is 2. The fourth-order valence-electron chi connectivity index (χ4n) is 13.0. The monoisotopic (exact) mass is 739 g/mol. The summed E-state index contributed by atoms with van der Waals surface area (Å²) in [6.45, 7) is 23.3. The highest BCUT2D eigenvalue weighted by molar-refractivity contribution is 5.85. The van der Waals surface area contributed by atoms with Crippen molar-refractivity contribution in [3.8, 4) is 0 Å². The van der Waals surface area contributed by atoms with E-state index < -0.39 is 17.4 Å². The zero-order valence-corrected chi connectivity index (χ0v) is 35.1. The molecule has 2 amide bonds. The zero-order valence-electron chi connectivity index (χ0n) is 35.1. The highest BCUT2D eigenvalue weighted by atomic mass is 16.5.